The smallest absolute Gasteiger partial charge is 0.331 e. The van der Waals surface area contributed by atoms with Crippen molar-refractivity contribution in [1.29, 1.82) is 0 Å². The number of para-hydroxylation sites is 2. The third-order valence-electron chi connectivity index (χ3n) is 4.21. The predicted molar refractivity (Wildman–Crippen MR) is 103 cm³/mol. The molecule has 0 aliphatic rings. The highest BCUT2D eigenvalue weighted by Crippen LogP contribution is 2.32. The number of fused-ring (bicyclic) bond motifs is 1. The first-order valence-corrected chi connectivity index (χ1v) is 8.13. The highest BCUT2D eigenvalue weighted by molar-refractivity contribution is 5.80. The number of aromatic amines is 1. The number of nitrogens with one attached hydrogen (secondary N) is 1. The Hall–Kier alpha value is -3.73. The minimum atomic E-state index is -0.356. The highest BCUT2D eigenvalue weighted by atomic mass is 16.3. The molecule has 0 saturated heterocycles. The van der Waals surface area contributed by atoms with Gasteiger partial charge in [-0.25, -0.2) is 4.79 Å². The zero-order valence-electron chi connectivity index (χ0n) is 13.8. The van der Waals surface area contributed by atoms with Crippen molar-refractivity contribution in [1.82, 2.24) is 9.55 Å². The molecule has 4 aromatic rings. The molecule has 3 N–H and O–H groups in total. The summed E-state index contributed by atoms with van der Waals surface area (Å²) in [6, 6.07) is 19.7. The molecule has 1 aromatic heterocycles. The second-order valence-corrected chi connectivity index (χ2v) is 5.93. The van der Waals surface area contributed by atoms with E-state index in [1.165, 1.54) is 10.6 Å². The molecule has 0 aliphatic heterocycles. The van der Waals surface area contributed by atoms with E-state index in [4.69, 9.17) is 0 Å². The molecule has 0 aliphatic carbocycles. The van der Waals surface area contributed by atoms with Gasteiger partial charge < -0.3 is 15.2 Å². The molecule has 26 heavy (non-hydrogen) atoms. The Balaban J connectivity index is 1.86. The summed E-state index contributed by atoms with van der Waals surface area (Å²) in [6.45, 7) is 0. The van der Waals surface area contributed by atoms with Crippen molar-refractivity contribution in [2.45, 2.75) is 0 Å². The Morgan fingerprint density at radius 2 is 1.58 bits per heavy atom. The van der Waals surface area contributed by atoms with Gasteiger partial charge in [0.05, 0.1) is 16.7 Å². The largest absolute Gasteiger partial charge is 0.507 e. The molecule has 0 saturated carbocycles. The van der Waals surface area contributed by atoms with Crippen LogP contribution >= 0.6 is 0 Å². The lowest BCUT2D eigenvalue weighted by Crippen LogP contribution is -2.14. The van der Waals surface area contributed by atoms with Crippen molar-refractivity contribution in [3.05, 3.63) is 88.3 Å². The molecule has 0 radical (unpaired) electrons. The number of phenolic OH excluding ortho intramolecular Hbond substituents is 2. The average molecular weight is 344 g/mol. The minimum absolute atomic E-state index is 0.0636. The van der Waals surface area contributed by atoms with Crippen LogP contribution in [0.25, 0.3) is 28.9 Å². The van der Waals surface area contributed by atoms with Crippen molar-refractivity contribution < 1.29 is 10.2 Å². The number of hydrogen-bond donors (Lipinski definition) is 3. The first-order chi connectivity index (χ1) is 12.6. The van der Waals surface area contributed by atoms with Gasteiger partial charge in [0, 0.05) is 11.6 Å². The Morgan fingerprint density at radius 3 is 2.38 bits per heavy atom. The zero-order valence-corrected chi connectivity index (χ0v) is 13.8. The maximum Gasteiger partial charge on any atom is 0.331 e. The van der Waals surface area contributed by atoms with Crippen LogP contribution in [0.15, 0.2) is 71.5 Å². The van der Waals surface area contributed by atoms with E-state index in [-0.39, 0.29) is 17.2 Å². The first kappa shape index (κ1) is 15.8. The van der Waals surface area contributed by atoms with Crippen LogP contribution in [-0.2, 0) is 0 Å². The van der Waals surface area contributed by atoms with Crippen LogP contribution in [0.4, 0.5) is 0 Å². The minimum Gasteiger partial charge on any atom is -0.507 e. The molecule has 5 heteroatoms. The van der Waals surface area contributed by atoms with Crippen molar-refractivity contribution in [3.63, 3.8) is 0 Å². The van der Waals surface area contributed by atoms with Crippen molar-refractivity contribution >= 4 is 23.2 Å². The average Bonchev–Trinajstić information content (AvgIpc) is 2.98. The SMILES string of the molecule is O=c1[nH]c2ccccc2n1-c1cc(C=Cc2ccccc2)c(O)cc1O. The fourth-order valence-corrected chi connectivity index (χ4v) is 2.94. The topological polar surface area (TPSA) is 78.2 Å². The zero-order chi connectivity index (χ0) is 18.1. The van der Waals surface area contributed by atoms with Gasteiger partial charge in [-0.05, 0) is 23.8 Å². The molecule has 0 atom stereocenters. The maximum atomic E-state index is 12.4. The standard InChI is InChI=1S/C21H16N2O3/c24-19-13-20(25)18(12-15(19)11-10-14-6-2-1-3-7-14)23-17-9-5-4-8-16(17)22-21(23)26/h1-13,24-25H,(H,22,26). The maximum absolute atomic E-state index is 12.4. The molecule has 0 unspecified atom stereocenters. The fraction of sp³-hybridized carbons (Fsp3) is 0. The third kappa shape index (κ3) is 2.75. The quantitative estimate of drug-likeness (QED) is 0.493. The number of hydrogen-bond acceptors (Lipinski definition) is 3. The van der Waals surface area contributed by atoms with E-state index >= 15 is 0 Å². The van der Waals surface area contributed by atoms with Gasteiger partial charge in [-0.1, -0.05) is 54.6 Å². The second-order valence-electron chi connectivity index (χ2n) is 5.93. The van der Waals surface area contributed by atoms with Crippen LogP contribution in [-0.4, -0.2) is 19.8 Å². The van der Waals surface area contributed by atoms with Gasteiger partial charge in [0.25, 0.3) is 0 Å². The number of aromatic hydroxyl groups is 2. The Labute approximate surface area is 149 Å². The van der Waals surface area contributed by atoms with Gasteiger partial charge in [-0.3, -0.25) is 4.57 Å². The summed E-state index contributed by atoms with van der Waals surface area (Å²) in [6.07, 6.45) is 3.60. The van der Waals surface area contributed by atoms with E-state index in [0.717, 1.165) is 5.56 Å². The highest BCUT2D eigenvalue weighted by Gasteiger charge is 2.14. The molecule has 0 amide bonds. The van der Waals surface area contributed by atoms with Crippen molar-refractivity contribution in [3.8, 4) is 17.2 Å². The van der Waals surface area contributed by atoms with Gasteiger partial charge in [-0.15, -0.1) is 0 Å². The lowest BCUT2D eigenvalue weighted by molar-refractivity contribution is 0.448. The van der Waals surface area contributed by atoms with Crippen molar-refractivity contribution in [2.24, 2.45) is 0 Å². The van der Waals surface area contributed by atoms with E-state index in [2.05, 4.69) is 4.98 Å². The molecule has 3 aromatic carbocycles. The predicted octanol–water partition coefficient (Wildman–Crippen LogP) is 3.90. The van der Waals surface area contributed by atoms with Crippen LogP contribution in [0.2, 0.25) is 0 Å². The number of rotatable bonds is 3. The van der Waals surface area contributed by atoms with E-state index < -0.39 is 0 Å². The van der Waals surface area contributed by atoms with E-state index in [9.17, 15) is 15.0 Å². The van der Waals surface area contributed by atoms with Crippen LogP contribution in [0.5, 0.6) is 11.5 Å². The van der Waals surface area contributed by atoms with Gasteiger partial charge in [0.1, 0.15) is 11.5 Å². The monoisotopic (exact) mass is 344 g/mol. The van der Waals surface area contributed by atoms with Crippen LogP contribution in [0.3, 0.4) is 0 Å². The molecular weight excluding hydrogens is 328 g/mol. The molecular formula is C21H16N2O3. The lowest BCUT2D eigenvalue weighted by atomic mass is 10.1. The summed E-state index contributed by atoms with van der Waals surface area (Å²) in [5.41, 5.74) is 2.75. The Kier molecular flexibility index (Phi) is 3.82. The number of H-pyrrole nitrogens is 1. The number of aromatic nitrogens is 2. The molecule has 5 nitrogen and oxygen atoms in total. The van der Waals surface area contributed by atoms with Gasteiger partial charge in [0.15, 0.2) is 0 Å². The lowest BCUT2D eigenvalue weighted by Gasteiger charge is -2.09. The van der Waals surface area contributed by atoms with E-state index in [0.29, 0.717) is 22.3 Å². The van der Waals surface area contributed by atoms with E-state index in [1.54, 1.807) is 24.3 Å². The summed E-state index contributed by atoms with van der Waals surface area (Å²) in [5.74, 6) is -0.238. The van der Waals surface area contributed by atoms with Crippen molar-refractivity contribution in [2.75, 3.05) is 0 Å². The second kappa shape index (κ2) is 6.29. The summed E-state index contributed by atoms with van der Waals surface area (Å²) in [4.78, 5) is 15.1. The van der Waals surface area contributed by atoms with Gasteiger partial charge in [0.2, 0.25) is 0 Å². The summed E-state index contributed by atoms with van der Waals surface area (Å²) in [5, 5.41) is 20.5. The summed E-state index contributed by atoms with van der Waals surface area (Å²) >= 11 is 0. The normalized spacial score (nSPS) is 11.4. The molecule has 1 heterocycles. The molecule has 0 spiro atoms. The first-order valence-electron chi connectivity index (χ1n) is 8.13. The summed E-state index contributed by atoms with van der Waals surface area (Å²) < 4.78 is 1.39. The number of phenols is 2. The van der Waals surface area contributed by atoms with Gasteiger partial charge >= 0.3 is 5.69 Å². The number of nitrogens with zero attached hydrogens (tertiary/aromatic N) is 1. The molecule has 128 valence electrons. The Morgan fingerprint density at radius 1 is 0.846 bits per heavy atom. The Bertz CT molecular complexity index is 1170. The number of imidazole rings is 1. The molecule has 0 bridgehead atoms. The third-order valence-corrected chi connectivity index (χ3v) is 4.21. The fourth-order valence-electron chi connectivity index (χ4n) is 2.94. The van der Waals surface area contributed by atoms with Gasteiger partial charge in [-0.2, -0.15) is 0 Å². The van der Waals surface area contributed by atoms with Crippen LogP contribution in [0.1, 0.15) is 11.1 Å². The molecule has 4 rings (SSSR count). The summed E-state index contributed by atoms with van der Waals surface area (Å²) in [7, 11) is 0. The number of benzene rings is 3. The molecule has 0 fully saturated rings. The van der Waals surface area contributed by atoms with Crippen LogP contribution < -0.4 is 5.69 Å². The van der Waals surface area contributed by atoms with E-state index in [1.807, 2.05) is 48.5 Å². The van der Waals surface area contributed by atoms with Crippen LogP contribution in [0, 0.1) is 0 Å².